The zero-order valence-electron chi connectivity index (χ0n) is 14.3. The summed E-state index contributed by atoms with van der Waals surface area (Å²) in [5.41, 5.74) is 6.33. The first-order chi connectivity index (χ1) is 12.6. The quantitative estimate of drug-likeness (QED) is 0.643. The molecule has 138 valence electrons. The van der Waals surface area contributed by atoms with Crippen molar-refractivity contribution in [1.82, 2.24) is 10.3 Å². The highest BCUT2D eigenvalue weighted by Crippen LogP contribution is 2.30. The number of hydrogen-bond acceptors (Lipinski definition) is 7. The van der Waals surface area contributed by atoms with Gasteiger partial charge >= 0.3 is 0 Å². The molecular formula is C17H20N4O4S. The Morgan fingerprint density at radius 2 is 2.15 bits per heavy atom. The minimum atomic E-state index is -0.344. The van der Waals surface area contributed by atoms with Crippen LogP contribution in [0.4, 0.5) is 5.69 Å². The van der Waals surface area contributed by atoms with Gasteiger partial charge in [-0.1, -0.05) is 0 Å². The zero-order valence-corrected chi connectivity index (χ0v) is 15.1. The molecule has 1 aromatic carbocycles. The fourth-order valence-corrected chi connectivity index (χ4v) is 2.87. The minimum Gasteiger partial charge on any atom is -0.493 e. The normalized spacial score (nSPS) is 13.2. The van der Waals surface area contributed by atoms with Gasteiger partial charge in [-0.25, -0.2) is 4.98 Å². The lowest BCUT2D eigenvalue weighted by Crippen LogP contribution is -2.30. The predicted octanol–water partition coefficient (Wildman–Crippen LogP) is 1.52. The number of carbonyl (C=O) groups is 2. The second kappa shape index (κ2) is 8.15. The Hall–Kier alpha value is -2.65. The molecule has 4 N–H and O–H groups in total. The Kier molecular flexibility index (Phi) is 5.69. The Labute approximate surface area is 154 Å². The summed E-state index contributed by atoms with van der Waals surface area (Å²) in [4.78, 5) is 28.2. The molecule has 1 aliphatic rings. The first-order valence-electron chi connectivity index (χ1n) is 8.15. The van der Waals surface area contributed by atoms with Crippen LogP contribution in [0.5, 0.6) is 11.5 Å². The molecule has 1 saturated carbocycles. The minimum absolute atomic E-state index is 0.115. The molecule has 0 aliphatic heterocycles. The van der Waals surface area contributed by atoms with E-state index in [0.717, 1.165) is 12.8 Å². The Bertz CT molecular complexity index is 804. The number of aromatic nitrogens is 1. The largest absolute Gasteiger partial charge is 0.493 e. The lowest BCUT2D eigenvalue weighted by Gasteiger charge is -2.12. The van der Waals surface area contributed by atoms with Crippen LogP contribution in [-0.4, -0.2) is 36.6 Å². The monoisotopic (exact) mass is 376 g/mol. The fraction of sp³-hybridized carbons (Fsp3) is 0.353. The first kappa shape index (κ1) is 18.2. The van der Waals surface area contributed by atoms with Crippen molar-refractivity contribution < 1.29 is 19.1 Å². The van der Waals surface area contributed by atoms with E-state index in [9.17, 15) is 9.59 Å². The van der Waals surface area contributed by atoms with Crippen molar-refractivity contribution in [3.63, 3.8) is 0 Å². The van der Waals surface area contributed by atoms with Gasteiger partial charge in [0, 0.05) is 29.7 Å². The Morgan fingerprint density at radius 1 is 1.35 bits per heavy atom. The summed E-state index contributed by atoms with van der Waals surface area (Å²) in [7, 11) is 1.51. The van der Waals surface area contributed by atoms with Crippen LogP contribution in [0.25, 0.3) is 0 Å². The highest BCUT2D eigenvalue weighted by atomic mass is 32.1. The number of carbonyl (C=O) groups excluding carboxylic acids is 2. The van der Waals surface area contributed by atoms with Crippen molar-refractivity contribution in [1.29, 1.82) is 0 Å². The number of benzene rings is 1. The Morgan fingerprint density at radius 3 is 2.81 bits per heavy atom. The second-order valence-corrected chi connectivity index (χ2v) is 6.72. The van der Waals surface area contributed by atoms with Crippen LogP contribution in [-0.2, 0) is 11.3 Å². The van der Waals surface area contributed by atoms with Crippen molar-refractivity contribution in [2.75, 3.05) is 19.0 Å². The van der Waals surface area contributed by atoms with Crippen LogP contribution in [0.1, 0.15) is 28.3 Å². The maximum atomic E-state index is 12.3. The van der Waals surface area contributed by atoms with Crippen molar-refractivity contribution in [3.05, 3.63) is 34.3 Å². The topological polar surface area (TPSA) is 116 Å². The van der Waals surface area contributed by atoms with Gasteiger partial charge in [-0.05, 0) is 25.0 Å². The van der Waals surface area contributed by atoms with Crippen LogP contribution in [0.2, 0.25) is 0 Å². The summed E-state index contributed by atoms with van der Waals surface area (Å²) in [6, 6.07) is 5.23. The van der Waals surface area contributed by atoms with Crippen LogP contribution in [0.15, 0.2) is 23.6 Å². The van der Waals surface area contributed by atoms with Gasteiger partial charge in [-0.3, -0.25) is 9.59 Å². The second-order valence-electron chi connectivity index (χ2n) is 5.78. The molecule has 8 nitrogen and oxygen atoms in total. The van der Waals surface area contributed by atoms with Crippen LogP contribution in [0, 0.1) is 0 Å². The summed E-state index contributed by atoms with van der Waals surface area (Å²) in [6.07, 6.45) is 2.03. The molecular weight excluding hydrogens is 356 g/mol. The third-order valence-electron chi connectivity index (χ3n) is 3.68. The highest BCUT2D eigenvalue weighted by molar-refractivity contribution is 7.09. The number of rotatable bonds is 8. The maximum Gasteiger partial charge on any atom is 0.275 e. The molecule has 0 radical (unpaired) electrons. The third kappa shape index (κ3) is 4.70. The number of methoxy groups -OCH3 is 1. The van der Waals surface area contributed by atoms with E-state index in [1.54, 1.807) is 23.6 Å². The molecule has 0 unspecified atom stereocenters. The molecule has 26 heavy (non-hydrogen) atoms. The number of nitrogens with one attached hydrogen (secondary N) is 2. The van der Waals surface area contributed by atoms with Gasteiger partial charge in [-0.15, -0.1) is 11.3 Å². The van der Waals surface area contributed by atoms with E-state index >= 15 is 0 Å². The lowest BCUT2D eigenvalue weighted by atomic mass is 10.2. The first-order valence-corrected chi connectivity index (χ1v) is 9.03. The average molecular weight is 376 g/mol. The summed E-state index contributed by atoms with van der Waals surface area (Å²) in [5.74, 6) is 0.322. The molecule has 0 saturated heterocycles. The number of nitrogens with zero attached hydrogens (tertiary/aromatic N) is 1. The van der Waals surface area contributed by atoms with Crippen LogP contribution in [0.3, 0.4) is 0 Å². The molecule has 0 spiro atoms. The number of ether oxygens (including phenoxy) is 2. The number of anilines is 1. The molecule has 2 amide bonds. The van der Waals surface area contributed by atoms with Crippen molar-refractivity contribution in [2.45, 2.75) is 25.4 Å². The number of thiazole rings is 1. The predicted molar refractivity (Wildman–Crippen MR) is 97.6 cm³/mol. The summed E-state index contributed by atoms with van der Waals surface area (Å²) in [5, 5.41) is 7.94. The molecule has 0 atom stereocenters. The van der Waals surface area contributed by atoms with E-state index in [2.05, 4.69) is 15.6 Å². The van der Waals surface area contributed by atoms with Gasteiger partial charge < -0.3 is 25.8 Å². The smallest absolute Gasteiger partial charge is 0.275 e. The average Bonchev–Trinajstić information content (AvgIpc) is 3.32. The number of amides is 2. The van der Waals surface area contributed by atoms with Crippen molar-refractivity contribution in [3.8, 4) is 11.5 Å². The molecule has 1 heterocycles. The number of hydrogen-bond donors (Lipinski definition) is 3. The highest BCUT2D eigenvalue weighted by Gasteiger charge is 2.23. The molecule has 1 aromatic heterocycles. The molecule has 1 fully saturated rings. The summed E-state index contributed by atoms with van der Waals surface area (Å²) in [6.45, 7) is 0.178. The van der Waals surface area contributed by atoms with Gasteiger partial charge in [0.1, 0.15) is 10.7 Å². The standard InChI is InChI=1S/C17H20N4O4S/c1-24-13-5-4-11(20-17(23)12-9-26-16(7-18)21-12)6-14(13)25-8-15(22)19-10-2-3-10/h4-6,9-10H,2-3,7-8,18H2,1H3,(H,19,22)(H,20,23). The van der Waals surface area contributed by atoms with E-state index in [0.29, 0.717) is 34.4 Å². The van der Waals surface area contributed by atoms with E-state index in [-0.39, 0.29) is 24.5 Å². The van der Waals surface area contributed by atoms with Gasteiger partial charge in [0.2, 0.25) is 0 Å². The molecule has 9 heteroatoms. The fourth-order valence-electron chi connectivity index (χ4n) is 2.21. The van der Waals surface area contributed by atoms with Crippen molar-refractivity contribution in [2.24, 2.45) is 5.73 Å². The Balaban J connectivity index is 1.65. The van der Waals surface area contributed by atoms with Crippen molar-refractivity contribution >= 4 is 28.8 Å². The van der Waals surface area contributed by atoms with Gasteiger partial charge in [-0.2, -0.15) is 0 Å². The van der Waals surface area contributed by atoms with Gasteiger partial charge in [0.15, 0.2) is 18.1 Å². The molecule has 3 rings (SSSR count). The summed E-state index contributed by atoms with van der Waals surface area (Å²) < 4.78 is 10.8. The third-order valence-corrected chi connectivity index (χ3v) is 4.55. The lowest BCUT2D eigenvalue weighted by molar-refractivity contribution is -0.123. The molecule has 1 aliphatic carbocycles. The zero-order chi connectivity index (χ0) is 18.5. The maximum absolute atomic E-state index is 12.3. The van der Waals surface area contributed by atoms with Gasteiger partial charge in [0.05, 0.1) is 7.11 Å². The SMILES string of the molecule is COc1ccc(NC(=O)c2csc(CN)n2)cc1OCC(=O)NC1CC1. The van der Waals surface area contributed by atoms with Crippen LogP contribution >= 0.6 is 11.3 Å². The van der Waals surface area contributed by atoms with Gasteiger partial charge in [0.25, 0.3) is 11.8 Å². The van der Waals surface area contributed by atoms with E-state index in [1.165, 1.54) is 18.4 Å². The van der Waals surface area contributed by atoms with E-state index in [4.69, 9.17) is 15.2 Å². The molecule has 0 bridgehead atoms. The number of nitrogens with two attached hydrogens (primary N) is 1. The summed E-state index contributed by atoms with van der Waals surface area (Å²) >= 11 is 1.33. The van der Waals surface area contributed by atoms with E-state index in [1.807, 2.05) is 0 Å². The van der Waals surface area contributed by atoms with Crippen LogP contribution < -0.4 is 25.8 Å². The molecule has 2 aromatic rings. The van der Waals surface area contributed by atoms with E-state index < -0.39 is 0 Å².